The zero-order chi connectivity index (χ0) is 17.4. The summed E-state index contributed by atoms with van der Waals surface area (Å²) in [6.07, 6.45) is 4.11. The maximum Gasteiger partial charge on any atom is 0.495 e. The molecule has 1 saturated heterocycles. The number of rotatable bonds is 5. The van der Waals surface area contributed by atoms with Crippen molar-refractivity contribution in [3.05, 3.63) is 24.4 Å². The fraction of sp³-hybridized carbons (Fsp3) is 0.556. The zero-order valence-electron chi connectivity index (χ0n) is 15.2. The first-order valence-corrected chi connectivity index (χ1v) is 8.69. The number of fused-ring (bicyclic) bond motifs is 1. The van der Waals surface area contributed by atoms with Crippen LogP contribution >= 0.6 is 0 Å². The number of nitrogens with one attached hydrogen (secondary N) is 1. The molecule has 3 rings (SSSR count). The highest BCUT2D eigenvalue weighted by atomic mass is 16.7. The first kappa shape index (κ1) is 17.2. The topological polar surface area (TPSA) is 56.3 Å². The molecule has 6 heteroatoms. The molecule has 5 nitrogen and oxygen atoms in total. The lowest BCUT2D eigenvalue weighted by atomic mass is 9.77. The van der Waals surface area contributed by atoms with Crippen LogP contribution in [0.2, 0.25) is 0 Å². The molecule has 2 heterocycles. The van der Waals surface area contributed by atoms with Gasteiger partial charge in [0.2, 0.25) is 5.95 Å². The molecule has 1 N–H and O–H groups in total. The number of hydrogen-bond donors (Lipinski definition) is 1. The van der Waals surface area contributed by atoms with E-state index in [4.69, 9.17) is 9.31 Å². The van der Waals surface area contributed by atoms with Gasteiger partial charge in [0.25, 0.3) is 0 Å². The van der Waals surface area contributed by atoms with Crippen LogP contribution in [0.15, 0.2) is 24.4 Å². The Morgan fingerprint density at radius 3 is 2.50 bits per heavy atom. The van der Waals surface area contributed by atoms with Crippen molar-refractivity contribution in [2.75, 3.05) is 11.9 Å². The fourth-order valence-corrected chi connectivity index (χ4v) is 2.71. The molecule has 0 aliphatic carbocycles. The Labute approximate surface area is 144 Å². The van der Waals surface area contributed by atoms with Gasteiger partial charge >= 0.3 is 7.12 Å². The lowest BCUT2D eigenvalue weighted by Gasteiger charge is -2.32. The van der Waals surface area contributed by atoms with Crippen LogP contribution in [0.25, 0.3) is 10.9 Å². The van der Waals surface area contributed by atoms with Gasteiger partial charge in [-0.25, -0.2) is 9.97 Å². The number of unbranched alkanes of at least 4 members (excludes halogenated alkanes) is 1. The lowest BCUT2D eigenvalue weighted by molar-refractivity contribution is 0.00578. The van der Waals surface area contributed by atoms with E-state index in [1.165, 1.54) is 0 Å². The van der Waals surface area contributed by atoms with Gasteiger partial charge < -0.3 is 14.6 Å². The van der Waals surface area contributed by atoms with Crippen molar-refractivity contribution < 1.29 is 9.31 Å². The van der Waals surface area contributed by atoms with Gasteiger partial charge in [0.05, 0.1) is 16.7 Å². The Morgan fingerprint density at radius 1 is 1.12 bits per heavy atom. The predicted octanol–water partition coefficient (Wildman–Crippen LogP) is 3.14. The summed E-state index contributed by atoms with van der Waals surface area (Å²) in [5.41, 5.74) is 1.16. The Morgan fingerprint density at radius 2 is 1.83 bits per heavy atom. The van der Waals surface area contributed by atoms with Gasteiger partial charge in [0.1, 0.15) is 0 Å². The average molecular weight is 327 g/mol. The zero-order valence-corrected chi connectivity index (χ0v) is 15.2. The van der Waals surface area contributed by atoms with Crippen molar-refractivity contribution in [3.63, 3.8) is 0 Å². The van der Waals surface area contributed by atoms with E-state index in [2.05, 4.69) is 49.9 Å². The SMILES string of the molecule is CCCCNc1ncc2c(B3OC(C)(C)C(C)(C)O3)cccc2n1. The van der Waals surface area contributed by atoms with E-state index in [9.17, 15) is 0 Å². The average Bonchev–Trinajstić information content (AvgIpc) is 2.75. The van der Waals surface area contributed by atoms with Gasteiger partial charge in [-0.3, -0.25) is 0 Å². The fourth-order valence-electron chi connectivity index (χ4n) is 2.71. The van der Waals surface area contributed by atoms with Gasteiger partial charge in [0.15, 0.2) is 0 Å². The molecule has 1 aliphatic rings. The third-order valence-corrected chi connectivity index (χ3v) is 4.98. The number of anilines is 1. The molecular formula is C18H26BN3O2. The predicted molar refractivity (Wildman–Crippen MR) is 98.7 cm³/mol. The number of nitrogens with zero attached hydrogens (tertiary/aromatic N) is 2. The monoisotopic (exact) mass is 327 g/mol. The Balaban J connectivity index is 1.90. The van der Waals surface area contributed by atoms with Crippen LogP contribution in [0.4, 0.5) is 5.95 Å². The molecule has 2 aromatic rings. The molecule has 0 radical (unpaired) electrons. The van der Waals surface area contributed by atoms with Gasteiger partial charge in [-0.1, -0.05) is 25.5 Å². The molecule has 0 unspecified atom stereocenters. The maximum absolute atomic E-state index is 6.17. The summed E-state index contributed by atoms with van der Waals surface area (Å²) in [5, 5.41) is 4.24. The Bertz CT molecular complexity index is 717. The smallest absolute Gasteiger partial charge is 0.399 e. The molecular weight excluding hydrogens is 301 g/mol. The van der Waals surface area contributed by atoms with E-state index in [0.29, 0.717) is 5.95 Å². The summed E-state index contributed by atoms with van der Waals surface area (Å²) in [6.45, 7) is 11.3. The van der Waals surface area contributed by atoms with E-state index in [0.717, 1.165) is 35.8 Å². The quantitative estimate of drug-likeness (QED) is 0.675. The van der Waals surface area contributed by atoms with Gasteiger partial charge in [-0.05, 0) is 45.6 Å². The lowest BCUT2D eigenvalue weighted by Crippen LogP contribution is -2.41. The van der Waals surface area contributed by atoms with Crippen molar-refractivity contribution >= 4 is 29.4 Å². The van der Waals surface area contributed by atoms with Crippen molar-refractivity contribution in [2.24, 2.45) is 0 Å². The normalized spacial score (nSPS) is 19.0. The van der Waals surface area contributed by atoms with Crippen LogP contribution in [0.1, 0.15) is 47.5 Å². The van der Waals surface area contributed by atoms with E-state index in [1.54, 1.807) is 0 Å². The second-order valence-electron chi connectivity index (χ2n) is 7.34. The number of aromatic nitrogens is 2. The highest BCUT2D eigenvalue weighted by molar-refractivity contribution is 6.65. The van der Waals surface area contributed by atoms with Crippen molar-refractivity contribution in [2.45, 2.75) is 58.7 Å². The molecule has 0 amide bonds. The molecule has 0 bridgehead atoms. The molecule has 0 atom stereocenters. The summed E-state index contributed by atoms with van der Waals surface area (Å²) in [4.78, 5) is 9.07. The van der Waals surface area contributed by atoms with Crippen LogP contribution in [0.3, 0.4) is 0 Å². The van der Waals surface area contributed by atoms with Crippen LogP contribution in [-0.4, -0.2) is 34.8 Å². The molecule has 1 aliphatic heterocycles. The van der Waals surface area contributed by atoms with Crippen molar-refractivity contribution in [1.29, 1.82) is 0 Å². The molecule has 1 aromatic carbocycles. The summed E-state index contributed by atoms with van der Waals surface area (Å²) in [7, 11) is -0.402. The van der Waals surface area contributed by atoms with Crippen LogP contribution in [-0.2, 0) is 9.31 Å². The van der Waals surface area contributed by atoms with E-state index in [-0.39, 0.29) is 11.2 Å². The molecule has 24 heavy (non-hydrogen) atoms. The molecule has 128 valence electrons. The van der Waals surface area contributed by atoms with E-state index >= 15 is 0 Å². The number of benzene rings is 1. The minimum atomic E-state index is -0.402. The van der Waals surface area contributed by atoms with Gasteiger partial charge in [0, 0.05) is 18.1 Å². The minimum Gasteiger partial charge on any atom is -0.399 e. The molecule has 0 spiro atoms. The van der Waals surface area contributed by atoms with Gasteiger partial charge in [-0.15, -0.1) is 0 Å². The van der Waals surface area contributed by atoms with Gasteiger partial charge in [-0.2, -0.15) is 0 Å². The third kappa shape index (κ3) is 3.13. The summed E-state index contributed by atoms with van der Waals surface area (Å²) in [5.74, 6) is 0.669. The molecule has 1 aromatic heterocycles. The number of hydrogen-bond acceptors (Lipinski definition) is 5. The van der Waals surface area contributed by atoms with Crippen LogP contribution < -0.4 is 10.8 Å². The largest absolute Gasteiger partial charge is 0.495 e. The first-order chi connectivity index (χ1) is 11.3. The summed E-state index contributed by atoms with van der Waals surface area (Å²) >= 11 is 0. The highest BCUT2D eigenvalue weighted by Gasteiger charge is 2.52. The maximum atomic E-state index is 6.17. The van der Waals surface area contributed by atoms with Crippen LogP contribution in [0.5, 0.6) is 0 Å². The second-order valence-corrected chi connectivity index (χ2v) is 7.34. The van der Waals surface area contributed by atoms with Crippen LogP contribution in [0, 0.1) is 0 Å². The molecule has 0 saturated carbocycles. The second kappa shape index (κ2) is 6.33. The third-order valence-electron chi connectivity index (χ3n) is 4.98. The van der Waals surface area contributed by atoms with E-state index in [1.807, 2.05) is 24.4 Å². The Kier molecular flexibility index (Phi) is 4.53. The standard InChI is InChI=1S/C18H26BN3O2/c1-6-7-11-20-16-21-12-13-14(9-8-10-15(13)22-16)19-23-17(2,3)18(4,5)24-19/h8-10,12H,6-7,11H2,1-5H3,(H,20,21,22). The molecule has 1 fully saturated rings. The van der Waals surface area contributed by atoms with Crippen molar-refractivity contribution in [1.82, 2.24) is 9.97 Å². The summed E-state index contributed by atoms with van der Waals surface area (Å²) < 4.78 is 12.3. The Hall–Kier alpha value is -1.66. The summed E-state index contributed by atoms with van der Waals surface area (Å²) in [6, 6.07) is 6.01. The highest BCUT2D eigenvalue weighted by Crippen LogP contribution is 2.36. The van der Waals surface area contributed by atoms with Crippen molar-refractivity contribution in [3.8, 4) is 0 Å². The minimum absolute atomic E-state index is 0.359. The van der Waals surface area contributed by atoms with E-state index < -0.39 is 7.12 Å². The first-order valence-electron chi connectivity index (χ1n) is 8.69.